The van der Waals surface area contributed by atoms with Crippen LogP contribution in [-0.4, -0.2) is 41.1 Å². The first-order valence-corrected chi connectivity index (χ1v) is 7.92. The minimum absolute atomic E-state index is 0.181. The second-order valence-electron chi connectivity index (χ2n) is 5.78. The maximum absolute atomic E-state index is 13.5. The van der Waals surface area contributed by atoms with Crippen molar-refractivity contribution in [2.24, 2.45) is 10.7 Å². The summed E-state index contributed by atoms with van der Waals surface area (Å²) in [6.07, 6.45) is -9.77. The summed E-state index contributed by atoms with van der Waals surface area (Å²) in [6.45, 7) is -3.47. The highest BCUT2D eigenvalue weighted by atomic mass is 19.4. The number of allylic oxidation sites excluding steroid dienone is 1. The fraction of sp³-hybridized carbons (Fsp3) is 0.312. The standard InChI is InChI=1S/C16H11F9N4O2/c17-7-31-9-1-2-29-10(3-9)28-12(15(20,21)22)11(13(29)30)8(4-26)5-27-6-14(18,19)16(23,24)25/h1-5H,6-7,26H2. The summed E-state index contributed by atoms with van der Waals surface area (Å²) in [5.74, 6) is -5.51. The van der Waals surface area contributed by atoms with Gasteiger partial charge in [-0.15, -0.1) is 0 Å². The van der Waals surface area contributed by atoms with Crippen LogP contribution >= 0.6 is 0 Å². The van der Waals surface area contributed by atoms with Crippen LogP contribution in [0.15, 0.2) is 34.3 Å². The molecule has 0 aliphatic carbocycles. The van der Waals surface area contributed by atoms with Crippen molar-refractivity contribution in [1.82, 2.24) is 9.38 Å². The SMILES string of the molecule is NC=C(C=NCC(F)(F)C(F)(F)F)c1c(C(F)(F)F)nc2cc(OCF)ccn2c1=O. The average molecular weight is 462 g/mol. The molecular weight excluding hydrogens is 451 g/mol. The molecule has 0 bridgehead atoms. The van der Waals surface area contributed by atoms with Gasteiger partial charge in [0.15, 0.2) is 5.69 Å². The monoisotopic (exact) mass is 462 g/mol. The zero-order valence-corrected chi connectivity index (χ0v) is 14.9. The first-order valence-electron chi connectivity index (χ1n) is 7.92. The predicted molar refractivity (Wildman–Crippen MR) is 89.6 cm³/mol. The number of pyridine rings is 1. The van der Waals surface area contributed by atoms with Crippen LogP contribution in [-0.2, 0) is 6.18 Å². The lowest BCUT2D eigenvalue weighted by atomic mass is 10.1. The van der Waals surface area contributed by atoms with Crippen LogP contribution in [0.4, 0.5) is 39.5 Å². The number of nitrogens with zero attached hydrogens (tertiary/aromatic N) is 3. The van der Waals surface area contributed by atoms with Gasteiger partial charge in [0.2, 0.25) is 6.86 Å². The maximum atomic E-state index is 13.5. The van der Waals surface area contributed by atoms with Crippen molar-refractivity contribution in [3.05, 3.63) is 46.1 Å². The van der Waals surface area contributed by atoms with Gasteiger partial charge in [-0.3, -0.25) is 14.2 Å². The summed E-state index contributed by atoms with van der Waals surface area (Å²) >= 11 is 0. The first kappa shape index (κ1) is 24.0. The van der Waals surface area contributed by atoms with Gasteiger partial charge < -0.3 is 10.5 Å². The third-order valence-corrected chi connectivity index (χ3v) is 3.69. The fourth-order valence-corrected chi connectivity index (χ4v) is 2.28. The van der Waals surface area contributed by atoms with Gasteiger partial charge >= 0.3 is 18.3 Å². The molecule has 0 aliphatic heterocycles. The van der Waals surface area contributed by atoms with Gasteiger partial charge in [-0.05, 0) is 6.07 Å². The minimum Gasteiger partial charge on any atom is -0.463 e. The molecule has 0 unspecified atom stereocenters. The van der Waals surface area contributed by atoms with Crippen molar-refractivity contribution in [1.29, 1.82) is 0 Å². The molecule has 0 spiro atoms. The van der Waals surface area contributed by atoms with E-state index in [4.69, 9.17) is 5.73 Å². The van der Waals surface area contributed by atoms with Crippen molar-refractivity contribution >= 4 is 17.4 Å². The molecule has 0 aromatic carbocycles. The zero-order valence-electron chi connectivity index (χ0n) is 14.9. The van der Waals surface area contributed by atoms with Crippen LogP contribution in [0.2, 0.25) is 0 Å². The first-order chi connectivity index (χ1) is 14.2. The van der Waals surface area contributed by atoms with Crippen LogP contribution in [0, 0.1) is 0 Å². The van der Waals surface area contributed by atoms with E-state index >= 15 is 0 Å². The quantitative estimate of drug-likeness (QED) is 0.526. The minimum atomic E-state index is -5.95. The van der Waals surface area contributed by atoms with Crippen LogP contribution < -0.4 is 16.0 Å². The number of fused-ring (bicyclic) bond motifs is 1. The van der Waals surface area contributed by atoms with Crippen LogP contribution in [0.3, 0.4) is 0 Å². The van der Waals surface area contributed by atoms with Crippen molar-refractivity contribution in [2.75, 3.05) is 13.4 Å². The lowest BCUT2D eigenvalue weighted by molar-refractivity contribution is -0.276. The summed E-state index contributed by atoms with van der Waals surface area (Å²) in [5.41, 5.74) is -0.805. The second-order valence-corrected chi connectivity index (χ2v) is 5.78. The van der Waals surface area contributed by atoms with Crippen LogP contribution in [0.5, 0.6) is 5.75 Å². The van der Waals surface area contributed by atoms with Crippen LogP contribution in [0.1, 0.15) is 11.3 Å². The molecule has 0 saturated heterocycles. The van der Waals surface area contributed by atoms with E-state index in [2.05, 4.69) is 14.7 Å². The number of halogens is 9. The Bertz CT molecular complexity index is 1070. The van der Waals surface area contributed by atoms with E-state index in [9.17, 15) is 44.3 Å². The summed E-state index contributed by atoms with van der Waals surface area (Å²) in [7, 11) is 0. The van der Waals surface area contributed by atoms with E-state index in [1.165, 1.54) is 0 Å². The normalized spacial score (nSPS) is 13.9. The molecule has 6 nitrogen and oxygen atoms in total. The number of aromatic nitrogens is 2. The number of hydrogen-bond acceptors (Lipinski definition) is 5. The topological polar surface area (TPSA) is 82.0 Å². The van der Waals surface area contributed by atoms with Gasteiger partial charge in [0.25, 0.3) is 5.56 Å². The molecule has 2 N–H and O–H groups in total. The highest BCUT2D eigenvalue weighted by molar-refractivity contribution is 6.10. The zero-order chi connectivity index (χ0) is 23.6. The molecule has 15 heteroatoms. The third kappa shape index (κ3) is 5.08. The molecule has 2 heterocycles. The van der Waals surface area contributed by atoms with E-state index in [1.807, 2.05) is 0 Å². The number of ether oxygens (including phenoxy) is 1. The van der Waals surface area contributed by atoms with Gasteiger partial charge in [0.1, 0.15) is 17.9 Å². The van der Waals surface area contributed by atoms with Gasteiger partial charge in [0, 0.05) is 30.3 Å². The summed E-state index contributed by atoms with van der Waals surface area (Å²) < 4.78 is 120. The third-order valence-electron chi connectivity index (χ3n) is 3.69. The van der Waals surface area contributed by atoms with Crippen molar-refractivity contribution in [2.45, 2.75) is 18.3 Å². The fourth-order valence-electron chi connectivity index (χ4n) is 2.28. The average Bonchev–Trinajstić information content (AvgIpc) is 2.64. The van der Waals surface area contributed by atoms with Gasteiger partial charge in [0.05, 0.1) is 5.56 Å². The van der Waals surface area contributed by atoms with Gasteiger partial charge in [-0.1, -0.05) is 0 Å². The number of aliphatic imine (C=N–C) groups is 1. The van der Waals surface area contributed by atoms with E-state index in [0.717, 1.165) is 18.3 Å². The largest absolute Gasteiger partial charge is 0.463 e. The van der Waals surface area contributed by atoms with Gasteiger partial charge in [-0.25, -0.2) is 9.37 Å². The van der Waals surface area contributed by atoms with E-state index in [0.29, 0.717) is 10.6 Å². The van der Waals surface area contributed by atoms with Gasteiger partial charge in [-0.2, -0.15) is 35.1 Å². The van der Waals surface area contributed by atoms with E-state index in [1.54, 1.807) is 0 Å². The molecule has 2 aromatic heterocycles. The molecule has 2 rings (SSSR count). The molecule has 0 fully saturated rings. The Balaban J connectivity index is 2.63. The number of nitrogens with two attached hydrogens (primary N) is 1. The van der Waals surface area contributed by atoms with Crippen molar-refractivity contribution < 1.29 is 44.3 Å². The Hall–Kier alpha value is -3.26. The molecule has 0 atom stereocenters. The Labute approximate surface area is 166 Å². The van der Waals surface area contributed by atoms with Crippen molar-refractivity contribution in [3.63, 3.8) is 0 Å². The summed E-state index contributed by atoms with van der Waals surface area (Å²) in [5, 5.41) is 0. The Morgan fingerprint density at radius 2 is 1.84 bits per heavy atom. The van der Waals surface area contributed by atoms with Crippen molar-refractivity contribution in [3.8, 4) is 5.75 Å². The molecule has 2 aromatic rings. The Kier molecular flexibility index (Phi) is 6.56. The lowest BCUT2D eigenvalue weighted by Gasteiger charge is -2.17. The molecule has 0 amide bonds. The molecular formula is C16H11F9N4O2. The smallest absolute Gasteiger partial charge is 0.455 e. The summed E-state index contributed by atoms with van der Waals surface area (Å²) in [4.78, 5) is 18.7. The highest BCUT2D eigenvalue weighted by Crippen LogP contribution is 2.36. The Morgan fingerprint density at radius 1 is 1.19 bits per heavy atom. The molecule has 0 aliphatic rings. The van der Waals surface area contributed by atoms with E-state index in [-0.39, 0.29) is 12.0 Å². The van der Waals surface area contributed by atoms with E-state index < -0.39 is 59.7 Å². The number of alkyl halides is 9. The molecule has 0 radical (unpaired) electrons. The Morgan fingerprint density at radius 3 is 2.35 bits per heavy atom. The molecule has 170 valence electrons. The van der Waals surface area contributed by atoms with Crippen LogP contribution in [0.25, 0.3) is 11.2 Å². The maximum Gasteiger partial charge on any atom is 0.455 e. The molecule has 31 heavy (non-hydrogen) atoms. The lowest BCUT2D eigenvalue weighted by Crippen LogP contribution is -2.39. The number of rotatable bonds is 6. The molecule has 0 saturated carbocycles. The highest BCUT2D eigenvalue weighted by Gasteiger charge is 2.57. The number of hydrogen-bond donors (Lipinski definition) is 1. The predicted octanol–water partition coefficient (Wildman–Crippen LogP) is 3.59. The second kappa shape index (κ2) is 8.47. The summed E-state index contributed by atoms with van der Waals surface area (Å²) in [6, 6.07) is 1.85.